The van der Waals surface area contributed by atoms with Crippen LogP contribution in [0.15, 0.2) is 48.7 Å². The number of pyridine rings is 1. The molecule has 4 rings (SSSR count). The van der Waals surface area contributed by atoms with E-state index in [9.17, 15) is 19.5 Å². The Kier molecular flexibility index (Phi) is 4.27. The van der Waals surface area contributed by atoms with E-state index in [1.165, 1.54) is 16.8 Å². The van der Waals surface area contributed by atoms with Crippen LogP contribution in [0.25, 0.3) is 0 Å². The molecule has 0 aliphatic heterocycles. The number of rotatable bonds is 4. The number of benzene rings is 1. The largest absolute Gasteiger partial charge is 0.494 e. The lowest BCUT2D eigenvalue weighted by Gasteiger charge is -2.16. The standard InChI is InChI=1S/C21H16N2O5/c1-2-28-21(27)15-14-17(19(25)16-13(18(14)24)9-6-10-22-16)23(20(15)26)11-12-7-4-3-5-8-12/h3-10,26H,2,11H2,1H3. The zero-order chi connectivity index (χ0) is 19.8. The number of fused-ring (bicyclic) bond motifs is 2. The van der Waals surface area contributed by atoms with Crippen molar-refractivity contribution in [2.24, 2.45) is 0 Å². The number of aromatic hydroxyl groups is 1. The van der Waals surface area contributed by atoms with Crippen molar-refractivity contribution in [1.29, 1.82) is 0 Å². The van der Waals surface area contributed by atoms with E-state index < -0.39 is 23.4 Å². The minimum Gasteiger partial charge on any atom is -0.494 e. The van der Waals surface area contributed by atoms with Gasteiger partial charge in [-0.15, -0.1) is 0 Å². The van der Waals surface area contributed by atoms with Gasteiger partial charge in [0.2, 0.25) is 11.7 Å². The Balaban J connectivity index is 1.97. The molecule has 0 spiro atoms. The van der Waals surface area contributed by atoms with Crippen LogP contribution in [-0.4, -0.2) is 38.8 Å². The summed E-state index contributed by atoms with van der Waals surface area (Å²) in [5.41, 5.74) is 0.404. The fourth-order valence-electron chi connectivity index (χ4n) is 3.40. The van der Waals surface area contributed by atoms with Gasteiger partial charge in [-0.1, -0.05) is 30.3 Å². The number of hydrogen-bond acceptors (Lipinski definition) is 6. The topological polar surface area (TPSA) is 98.5 Å². The zero-order valence-electron chi connectivity index (χ0n) is 15.0. The Morgan fingerprint density at radius 3 is 2.57 bits per heavy atom. The van der Waals surface area contributed by atoms with Crippen LogP contribution in [0.3, 0.4) is 0 Å². The lowest BCUT2D eigenvalue weighted by molar-refractivity contribution is 0.0520. The molecule has 0 atom stereocenters. The smallest absolute Gasteiger partial charge is 0.344 e. The molecule has 0 saturated carbocycles. The molecule has 3 aromatic rings. The molecular formula is C21H16N2O5. The first-order valence-electron chi connectivity index (χ1n) is 8.75. The fourth-order valence-corrected chi connectivity index (χ4v) is 3.40. The molecule has 0 saturated heterocycles. The molecule has 1 aromatic carbocycles. The van der Waals surface area contributed by atoms with Crippen LogP contribution in [0.5, 0.6) is 5.88 Å². The van der Waals surface area contributed by atoms with Crippen LogP contribution >= 0.6 is 0 Å². The van der Waals surface area contributed by atoms with Crippen molar-refractivity contribution >= 4 is 17.5 Å². The van der Waals surface area contributed by atoms with Gasteiger partial charge in [-0.05, 0) is 24.6 Å². The van der Waals surface area contributed by atoms with Crippen LogP contribution in [0.1, 0.15) is 54.9 Å². The van der Waals surface area contributed by atoms with Gasteiger partial charge in [-0.3, -0.25) is 14.6 Å². The Bertz CT molecular complexity index is 1120. The first-order valence-corrected chi connectivity index (χ1v) is 8.75. The summed E-state index contributed by atoms with van der Waals surface area (Å²) in [5, 5.41) is 10.8. The first kappa shape index (κ1) is 17.7. The maximum absolute atomic E-state index is 13.1. The second-order valence-electron chi connectivity index (χ2n) is 6.27. The maximum Gasteiger partial charge on any atom is 0.344 e. The van der Waals surface area contributed by atoms with E-state index >= 15 is 0 Å². The van der Waals surface area contributed by atoms with E-state index in [4.69, 9.17) is 4.74 Å². The lowest BCUT2D eigenvalue weighted by Crippen LogP contribution is -2.25. The molecular weight excluding hydrogens is 360 g/mol. The average Bonchev–Trinajstić information content (AvgIpc) is 3.00. The van der Waals surface area contributed by atoms with Gasteiger partial charge < -0.3 is 14.4 Å². The SMILES string of the molecule is CCOC(=O)c1c2c(n(Cc3ccccc3)c1O)C(=O)c1ncccc1C2=O. The van der Waals surface area contributed by atoms with Crippen LogP contribution in [-0.2, 0) is 11.3 Å². The summed E-state index contributed by atoms with van der Waals surface area (Å²) in [4.78, 5) is 42.7. The number of ketones is 2. The first-order chi connectivity index (χ1) is 13.5. The highest BCUT2D eigenvalue weighted by atomic mass is 16.5. The molecule has 1 aliphatic rings. The molecule has 0 unspecified atom stereocenters. The molecule has 1 N–H and O–H groups in total. The number of nitrogens with zero attached hydrogens (tertiary/aromatic N) is 2. The highest BCUT2D eigenvalue weighted by molar-refractivity contribution is 6.30. The number of carbonyl (C=O) groups is 3. The lowest BCUT2D eigenvalue weighted by atomic mass is 9.89. The van der Waals surface area contributed by atoms with Crippen LogP contribution in [0.4, 0.5) is 0 Å². The van der Waals surface area contributed by atoms with Gasteiger partial charge in [0.1, 0.15) is 17.0 Å². The molecule has 0 amide bonds. The summed E-state index contributed by atoms with van der Waals surface area (Å²) < 4.78 is 6.29. The molecule has 0 fully saturated rings. The Morgan fingerprint density at radius 2 is 1.86 bits per heavy atom. The molecule has 2 aromatic heterocycles. The second-order valence-corrected chi connectivity index (χ2v) is 6.27. The molecule has 0 radical (unpaired) electrons. The third-order valence-electron chi connectivity index (χ3n) is 4.61. The summed E-state index contributed by atoms with van der Waals surface area (Å²) in [6.07, 6.45) is 1.42. The molecule has 1 aliphatic carbocycles. The van der Waals surface area contributed by atoms with Gasteiger partial charge in [0.05, 0.1) is 24.3 Å². The van der Waals surface area contributed by atoms with E-state index in [0.717, 1.165) is 5.56 Å². The van der Waals surface area contributed by atoms with E-state index in [0.29, 0.717) is 0 Å². The van der Waals surface area contributed by atoms with Crippen molar-refractivity contribution in [3.05, 3.63) is 82.3 Å². The molecule has 28 heavy (non-hydrogen) atoms. The van der Waals surface area contributed by atoms with Crippen molar-refractivity contribution in [1.82, 2.24) is 9.55 Å². The third kappa shape index (κ3) is 2.60. The predicted octanol–water partition coefficient (Wildman–Crippen LogP) is 2.59. The average molecular weight is 376 g/mol. The molecule has 2 heterocycles. The Morgan fingerprint density at radius 1 is 1.11 bits per heavy atom. The summed E-state index contributed by atoms with van der Waals surface area (Å²) in [5.74, 6) is -2.38. The van der Waals surface area contributed by atoms with Crippen LogP contribution < -0.4 is 0 Å². The summed E-state index contributed by atoms with van der Waals surface area (Å²) >= 11 is 0. The van der Waals surface area contributed by atoms with Gasteiger partial charge in [0, 0.05) is 6.20 Å². The van der Waals surface area contributed by atoms with Crippen LogP contribution in [0, 0.1) is 0 Å². The molecule has 0 bridgehead atoms. The predicted molar refractivity (Wildman–Crippen MR) is 98.7 cm³/mol. The van der Waals surface area contributed by atoms with Crippen molar-refractivity contribution in [2.75, 3.05) is 6.61 Å². The highest BCUT2D eigenvalue weighted by Gasteiger charge is 2.41. The van der Waals surface area contributed by atoms with E-state index in [1.807, 2.05) is 30.3 Å². The monoisotopic (exact) mass is 376 g/mol. The van der Waals surface area contributed by atoms with Gasteiger partial charge in [-0.2, -0.15) is 0 Å². The van der Waals surface area contributed by atoms with Gasteiger partial charge in [0.15, 0.2) is 5.78 Å². The van der Waals surface area contributed by atoms with Gasteiger partial charge in [0.25, 0.3) is 0 Å². The number of hydrogen-bond donors (Lipinski definition) is 1. The molecule has 140 valence electrons. The Hall–Kier alpha value is -3.74. The summed E-state index contributed by atoms with van der Waals surface area (Å²) in [7, 11) is 0. The number of carbonyl (C=O) groups excluding carboxylic acids is 3. The summed E-state index contributed by atoms with van der Waals surface area (Å²) in [6, 6.07) is 12.1. The fraction of sp³-hybridized carbons (Fsp3) is 0.143. The van der Waals surface area contributed by atoms with E-state index in [1.54, 1.807) is 13.0 Å². The quantitative estimate of drug-likeness (QED) is 0.550. The molecule has 7 heteroatoms. The second kappa shape index (κ2) is 6.77. The van der Waals surface area contributed by atoms with E-state index in [2.05, 4.69) is 4.98 Å². The zero-order valence-corrected chi connectivity index (χ0v) is 15.0. The summed E-state index contributed by atoms with van der Waals surface area (Å²) in [6.45, 7) is 1.79. The van der Waals surface area contributed by atoms with Crippen molar-refractivity contribution in [3.8, 4) is 5.88 Å². The molecule has 7 nitrogen and oxygen atoms in total. The van der Waals surface area contributed by atoms with Crippen LogP contribution in [0.2, 0.25) is 0 Å². The minimum absolute atomic E-state index is 0.00206. The van der Waals surface area contributed by atoms with Crippen molar-refractivity contribution in [2.45, 2.75) is 13.5 Å². The van der Waals surface area contributed by atoms with Gasteiger partial charge in [-0.25, -0.2) is 4.79 Å². The number of ether oxygens (including phenoxy) is 1. The minimum atomic E-state index is -0.850. The maximum atomic E-state index is 13.1. The van der Waals surface area contributed by atoms with E-state index in [-0.39, 0.29) is 41.2 Å². The van der Waals surface area contributed by atoms with Crippen molar-refractivity contribution < 1.29 is 24.2 Å². The van der Waals surface area contributed by atoms with Gasteiger partial charge >= 0.3 is 5.97 Å². The number of esters is 1. The highest BCUT2D eigenvalue weighted by Crippen LogP contribution is 2.37. The normalized spacial score (nSPS) is 12.5. The van der Waals surface area contributed by atoms with Crippen molar-refractivity contribution in [3.63, 3.8) is 0 Å². The Labute approximate surface area is 160 Å². The number of aromatic nitrogens is 2. The third-order valence-corrected chi connectivity index (χ3v) is 4.61.